The summed E-state index contributed by atoms with van der Waals surface area (Å²) in [7, 11) is 0. The lowest BCUT2D eigenvalue weighted by Gasteiger charge is -2.08. The van der Waals surface area contributed by atoms with Crippen molar-refractivity contribution in [3.63, 3.8) is 0 Å². The maximum atomic E-state index is 11.3. The van der Waals surface area contributed by atoms with Crippen LogP contribution in [0.15, 0.2) is 0 Å². The van der Waals surface area contributed by atoms with Crippen LogP contribution < -0.4 is 0 Å². The molecule has 0 amide bonds. The summed E-state index contributed by atoms with van der Waals surface area (Å²) in [6.07, 6.45) is -6.58. The van der Waals surface area contributed by atoms with Crippen molar-refractivity contribution in [2.75, 3.05) is 4.43 Å². The average Bonchev–Trinajstić information content (AvgIpc) is 1.62. The van der Waals surface area contributed by atoms with Gasteiger partial charge in [0.15, 0.2) is 0 Å². The van der Waals surface area contributed by atoms with Gasteiger partial charge in [0.05, 0.1) is 12.5 Å². The summed E-state index contributed by atoms with van der Waals surface area (Å²) < 4.78 is 34.1. The smallest absolute Gasteiger partial charge is 0.391 e. The summed E-state index contributed by atoms with van der Waals surface area (Å²) in [5.74, 6) is 0. The first kappa shape index (κ1) is 9.48. The summed E-state index contributed by atoms with van der Waals surface area (Å²) in [4.78, 5) is 0. The molecule has 1 nitrogen and oxygen atoms in total. The van der Waals surface area contributed by atoms with E-state index in [2.05, 4.69) is 0 Å². The molecule has 0 radical (unpaired) electrons. The van der Waals surface area contributed by atoms with E-state index < -0.39 is 18.7 Å². The Labute approximate surface area is 64.4 Å². The van der Waals surface area contributed by atoms with E-state index in [4.69, 9.17) is 5.11 Å². The third-order valence-corrected chi connectivity index (χ3v) is 1.66. The van der Waals surface area contributed by atoms with Gasteiger partial charge >= 0.3 is 6.18 Å². The number of alkyl halides is 4. The molecule has 0 aliphatic carbocycles. The van der Waals surface area contributed by atoms with Crippen LogP contribution in [0.5, 0.6) is 0 Å². The minimum atomic E-state index is -4.23. The predicted octanol–water partition coefficient (Wildman–Crippen LogP) is 1.73. The Hall–Kier alpha value is 0.480. The van der Waals surface area contributed by atoms with Gasteiger partial charge in [-0.05, 0) is 0 Å². The van der Waals surface area contributed by atoms with Crippen LogP contribution in [0, 0.1) is 0 Å². The predicted molar refractivity (Wildman–Crippen MR) is 35.6 cm³/mol. The van der Waals surface area contributed by atoms with Crippen LogP contribution in [0.2, 0.25) is 0 Å². The molecule has 5 heteroatoms. The molecule has 0 aliphatic rings. The van der Waals surface area contributed by atoms with E-state index in [0.717, 1.165) is 0 Å². The lowest BCUT2D eigenvalue weighted by Crippen LogP contribution is -2.19. The van der Waals surface area contributed by atoms with Crippen molar-refractivity contribution in [3.8, 4) is 0 Å². The zero-order valence-electron chi connectivity index (χ0n) is 4.45. The minimum absolute atomic E-state index is 0.122. The first-order valence-electron chi connectivity index (χ1n) is 2.26. The van der Waals surface area contributed by atoms with Gasteiger partial charge in [-0.3, -0.25) is 0 Å². The Morgan fingerprint density at radius 2 is 1.89 bits per heavy atom. The van der Waals surface area contributed by atoms with Crippen molar-refractivity contribution in [2.24, 2.45) is 0 Å². The number of hydrogen-bond acceptors (Lipinski definition) is 1. The van der Waals surface area contributed by atoms with Crippen molar-refractivity contribution < 1.29 is 18.3 Å². The quantitative estimate of drug-likeness (QED) is 0.587. The number of aliphatic hydroxyl groups is 1. The van der Waals surface area contributed by atoms with E-state index in [1.165, 1.54) is 0 Å². The number of halogens is 4. The second-order valence-corrected chi connectivity index (χ2v) is 2.51. The van der Waals surface area contributed by atoms with Gasteiger partial charge in [-0.1, -0.05) is 22.6 Å². The van der Waals surface area contributed by atoms with Gasteiger partial charge in [-0.2, -0.15) is 13.2 Å². The fourth-order valence-electron chi connectivity index (χ4n) is 0.322. The zero-order valence-corrected chi connectivity index (χ0v) is 6.61. The van der Waals surface area contributed by atoms with Crippen LogP contribution in [0.1, 0.15) is 6.42 Å². The molecule has 0 rings (SSSR count). The molecule has 0 aromatic heterocycles. The van der Waals surface area contributed by atoms with Gasteiger partial charge in [-0.15, -0.1) is 0 Å². The topological polar surface area (TPSA) is 20.2 Å². The molecule has 0 bridgehead atoms. The fraction of sp³-hybridized carbons (Fsp3) is 1.00. The van der Waals surface area contributed by atoms with Gasteiger partial charge in [0.25, 0.3) is 0 Å². The lowest BCUT2D eigenvalue weighted by atomic mass is 10.3. The molecule has 0 aliphatic heterocycles. The molecule has 0 aromatic rings. The first-order chi connectivity index (χ1) is 3.95. The zero-order chi connectivity index (χ0) is 7.49. The highest BCUT2D eigenvalue weighted by Gasteiger charge is 2.30. The molecule has 0 heterocycles. The van der Waals surface area contributed by atoms with Crippen LogP contribution in [0.25, 0.3) is 0 Å². The highest BCUT2D eigenvalue weighted by atomic mass is 127. The van der Waals surface area contributed by atoms with E-state index in [0.29, 0.717) is 0 Å². The second-order valence-electron chi connectivity index (χ2n) is 1.63. The largest absolute Gasteiger partial charge is 0.392 e. The van der Waals surface area contributed by atoms with Crippen LogP contribution in [0.4, 0.5) is 13.2 Å². The highest BCUT2D eigenvalue weighted by Crippen LogP contribution is 2.21. The molecule has 56 valence electrons. The molecule has 0 aromatic carbocycles. The number of hydrogen-bond donors (Lipinski definition) is 1. The highest BCUT2D eigenvalue weighted by molar-refractivity contribution is 14.1. The summed E-state index contributed by atoms with van der Waals surface area (Å²) in [6.45, 7) is 0. The van der Waals surface area contributed by atoms with E-state index in [-0.39, 0.29) is 4.43 Å². The van der Waals surface area contributed by atoms with Crippen molar-refractivity contribution in [1.82, 2.24) is 0 Å². The maximum Gasteiger partial charge on any atom is 0.391 e. The van der Waals surface area contributed by atoms with E-state index in [1.54, 1.807) is 22.6 Å². The lowest BCUT2D eigenvalue weighted by molar-refractivity contribution is -0.150. The molecule has 0 saturated carbocycles. The normalized spacial score (nSPS) is 15.7. The summed E-state index contributed by atoms with van der Waals surface area (Å²) in [6, 6.07) is 0. The Kier molecular flexibility index (Phi) is 3.79. The van der Waals surface area contributed by atoms with Gasteiger partial charge < -0.3 is 5.11 Å². The molecule has 1 N–H and O–H groups in total. The molecule has 0 fully saturated rings. The average molecular weight is 254 g/mol. The number of aliphatic hydroxyl groups excluding tert-OH is 1. The van der Waals surface area contributed by atoms with Crippen molar-refractivity contribution in [1.29, 1.82) is 0 Å². The van der Waals surface area contributed by atoms with E-state index in [9.17, 15) is 13.2 Å². The Morgan fingerprint density at radius 3 is 2.00 bits per heavy atom. The van der Waals surface area contributed by atoms with Crippen LogP contribution in [-0.2, 0) is 0 Å². The molecular formula is C4H6F3IO. The Morgan fingerprint density at radius 1 is 1.44 bits per heavy atom. The molecule has 1 unspecified atom stereocenters. The van der Waals surface area contributed by atoms with Crippen molar-refractivity contribution >= 4 is 22.6 Å². The number of rotatable bonds is 2. The van der Waals surface area contributed by atoms with Crippen LogP contribution in [0.3, 0.4) is 0 Å². The van der Waals surface area contributed by atoms with Crippen LogP contribution >= 0.6 is 22.6 Å². The molecule has 0 saturated heterocycles. The SMILES string of the molecule is OC(CI)CC(F)(F)F. The second kappa shape index (κ2) is 3.60. The third-order valence-electron chi connectivity index (χ3n) is 0.645. The molecule has 0 spiro atoms. The summed E-state index contributed by atoms with van der Waals surface area (Å²) >= 11 is 1.70. The monoisotopic (exact) mass is 254 g/mol. The van der Waals surface area contributed by atoms with Crippen LogP contribution in [-0.4, -0.2) is 21.8 Å². The Balaban J connectivity index is 3.47. The van der Waals surface area contributed by atoms with Gasteiger partial charge in [0.2, 0.25) is 0 Å². The van der Waals surface area contributed by atoms with Gasteiger partial charge in [0, 0.05) is 4.43 Å². The molecule has 9 heavy (non-hydrogen) atoms. The molecule has 1 atom stereocenters. The minimum Gasteiger partial charge on any atom is -0.392 e. The van der Waals surface area contributed by atoms with Gasteiger partial charge in [0.1, 0.15) is 0 Å². The Bertz CT molecular complexity index is 82.4. The van der Waals surface area contributed by atoms with Gasteiger partial charge in [-0.25, -0.2) is 0 Å². The maximum absolute atomic E-state index is 11.3. The van der Waals surface area contributed by atoms with E-state index in [1.807, 2.05) is 0 Å². The van der Waals surface area contributed by atoms with Crippen molar-refractivity contribution in [3.05, 3.63) is 0 Å². The molecular weight excluding hydrogens is 248 g/mol. The fourth-order valence-corrected chi connectivity index (χ4v) is 0.633. The van der Waals surface area contributed by atoms with E-state index >= 15 is 0 Å². The van der Waals surface area contributed by atoms with Crippen molar-refractivity contribution in [2.45, 2.75) is 18.7 Å². The summed E-state index contributed by atoms with van der Waals surface area (Å²) in [5, 5.41) is 8.47. The first-order valence-corrected chi connectivity index (χ1v) is 3.79. The third kappa shape index (κ3) is 6.36. The summed E-state index contributed by atoms with van der Waals surface area (Å²) in [5.41, 5.74) is 0. The standard InChI is InChI=1S/C4H6F3IO/c5-4(6,7)1-3(9)2-8/h3,9H,1-2H2.